The van der Waals surface area contributed by atoms with Crippen LogP contribution >= 0.6 is 12.4 Å². The standard InChI is InChI=1S/C19H36N10O.ClH/c20-13-4-14(21)8-28(7-13)18-24-17(27-3-1-2-12(6-27)11-30)25-19(26-18)29-9-15(22)5-16(23)10-29;/h12-16,30H,1-11,20-23H2;1H/t12?,13-,14+,15-,16+;. The molecule has 12 heteroatoms. The lowest BCUT2D eigenvalue weighted by Gasteiger charge is -2.38. The van der Waals surface area contributed by atoms with Gasteiger partial charge in [-0.2, -0.15) is 15.0 Å². The Balaban J connectivity index is 0.00000272. The van der Waals surface area contributed by atoms with E-state index in [0.717, 1.165) is 38.8 Å². The van der Waals surface area contributed by atoms with Crippen molar-refractivity contribution >= 4 is 30.3 Å². The Morgan fingerprint density at radius 3 is 1.55 bits per heavy atom. The molecule has 176 valence electrons. The highest BCUT2D eigenvalue weighted by Gasteiger charge is 2.30. The third kappa shape index (κ3) is 5.85. The van der Waals surface area contributed by atoms with E-state index in [9.17, 15) is 5.11 Å². The fourth-order valence-electron chi connectivity index (χ4n) is 4.85. The molecule has 11 nitrogen and oxygen atoms in total. The van der Waals surface area contributed by atoms with E-state index in [-0.39, 0.29) is 49.1 Å². The predicted molar refractivity (Wildman–Crippen MR) is 125 cm³/mol. The maximum atomic E-state index is 9.64. The second-order valence-electron chi connectivity index (χ2n) is 9.19. The van der Waals surface area contributed by atoms with E-state index in [1.807, 2.05) is 0 Å². The quantitative estimate of drug-likeness (QED) is 0.347. The summed E-state index contributed by atoms with van der Waals surface area (Å²) in [6, 6.07) is -0.0444. The lowest BCUT2D eigenvalue weighted by molar-refractivity contribution is 0.208. The third-order valence-corrected chi connectivity index (χ3v) is 6.26. The SMILES string of the molecule is Cl.N[C@@H]1C[C@H](N)CN(c2nc(N3CCCC(CO)C3)nc(N3C[C@H](N)C[C@H](N)C3)n2)C1. The van der Waals surface area contributed by atoms with Gasteiger partial charge in [0.1, 0.15) is 0 Å². The first-order valence-corrected chi connectivity index (χ1v) is 11.1. The molecule has 4 rings (SSSR count). The minimum absolute atomic E-state index is 0. The van der Waals surface area contributed by atoms with E-state index in [0.29, 0.717) is 44.0 Å². The van der Waals surface area contributed by atoms with Gasteiger partial charge in [0.05, 0.1) is 0 Å². The van der Waals surface area contributed by atoms with Gasteiger partial charge in [0.15, 0.2) is 0 Å². The van der Waals surface area contributed by atoms with Crippen LogP contribution in [0.1, 0.15) is 25.7 Å². The van der Waals surface area contributed by atoms with Crippen LogP contribution in [0.5, 0.6) is 0 Å². The maximum Gasteiger partial charge on any atom is 0.232 e. The van der Waals surface area contributed by atoms with Crippen molar-refractivity contribution in [3.05, 3.63) is 0 Å². The molecular formula is C19H37ClN10O. The summed E-state index contributed by atoms with van der Waals surface area (Å²) in [5.74, 6) is 2.06. The van der Waals surface area contributed by atoms with Gasteiger partial charge in [-0.05, 0) is 31.6 Å². The van der Waals surface area contributed by atoms with Gasteiger partial charge < -0.3 is 42.7 Å². The number of aliphatic hydroxyl groups is 1. The molecule has 3 fully saturated rings. The zero-order valence-electron chi connectivity index (χ0n) is 18.0. The van der Waals surface area contributed by atoms with Crippen molar-refractivity contribution in [1.82, 2.24) is 15.0 Å². The number of nitrogens with zero attached hydrogens (tertiary/aromatic N) is 6. The van der Waals surface area contributed by atoms with Crippen LogP contribution in [0.15, 0.2) is 0 Å². The van der Waals surface area contributed by atoms with Crippen molar-refractivity contribution in [2.45, 2.75) is 49.9 Å². The molecule has 1 aromatic heterocycles. The number of aromatic nitrogens is 3. The number of aliphatic hydroxyl groups excluding tert-OH is 1. The van der Waals surface area contributed by atoms with E-state index in [1.54, 1.807) is 0 Å². The van der Waals surface area contributed by atoms with E-state index < -0.39 is 0 Å². The Morgan fingerprint density at radius 1 is 0.710 bits per heavy atom. The van der Waals surface area contributed by atoms with Crippen LogP contribution < -0.4 is 37.6 Å². The Hall–Kier alpha value is -1.50. The van der Waals surface area contributed by atoms with Gasteiger partial charge in [0, 0.05) is 70.0 Å². The summed E-state index contributed by atoms with van der Waals surface area (Å²) in [6.45, 7) is 4.41. The summed E-state index contributed by atoms with van der Waals surface area (Å²) in [5.41, 5.74) is 24.9. The predicted octanol–water partition coefficient (Wildman–Crippen LogP) is -1.77. The van der Waals surface area contributed by atoms with Crippen LogP contribution in [-0.4, -0.2) is 90.1 Å². The number of hydrogen-bond acceptors (Lipinski definition) is 11. The minimum Gasteiger partial charge on any atom is -0.396 e. The van der Waals surface area contributed by atoms with Crippen LogP contribution in [0.2, 0.25) is 0 Å². The zero-order chi connectivity index (χ0) is 21.3. The highest BCUT2D eigenvalue weighted by Crippen LogP contribution is 2.26. The van der Waals surface area contributed by atoms with E-state index in [2.05, 4.69) is 14.7 Å². The molecule has 0 radical (unpaired) electrons. The molecule has 9 N–H and O–H groups in total. The zero-order valence-corrected chi connectivity index (χ0v) is 18.8. The van der Waals surface area contributed by atoms with Gasteiger partial charge in [0.2, 0.25) is 17.8 Å². The van der Waals surface area contributed by atoms with E-state index >= 15 is 0 Å². The van der Waals surface area contributed by atoms with Crippen molar-refractivity contribution in [3.63, 3.8) is 0 Å². The molecule has 0 spiro atoms. The monoisotopic (exact) mass is 456 g/mol. The molecule has 0 aliphatic carbocycles. The van der Waals surface area contributed by atoms with Gasteiger partial charge in [-0.1, -0.05) is 0 Å². The Labute approximate surface area is 189 Å². The second-order valence-corrected chi connectivity index (χ2v) is 9.19. The lowest BCUT2D eigenvalue weighted by atomic mass is 9.99. The normalized spacial score (nSPS) is 32.0. The summed E-state index contributed by atoms with van der Waals surface area (Å²) in [7, 11) is 0. The summed E-state index contributed by atoms with van der Waals surface area (Å²) in [6.07, 6.45) is 3.60. The molecule has 3 aliphatic heterocycles. The van der Waals surface area contributed by atoms with Crippen LogP contribution in [-0.2, 0) is 0 Å². The van der Waals surface area contributed by atoms with Crippen molar-refractivity contribution in [2.75, 3.05) is 60.6 Å². The molecule has 1 aromatic rings. The first-order valence-electron chi connectivity index (χ1n) is 11.1. The Morgan fingerprint density at radius 2 is 1.13 bits per heavy atom. The van der Waals surface area contributed by atoms with Gasteiger partial charge in [-0.15, -0.1) is 12.4 Å². The number of anilines is 3. The first-order chi connectivity index (χ1) is 14.4. The summed E-state index contributed by atoms with van der Waals surface area (Å²) < 4.78 is 0. The number of halogens is 1. The molecule has 0 bridgehead atoms. The van der Waals surface area contributed by atoms with Gasteiger partial charge >= 0.3 is 0 Å². The second kappa shape index (κ2) is 10.4. The van der Waals surface area contributed by atoms with Crippen molar-refractivity contribution in [2.24, 2.45) is 28.9 Å². The van der Waals surface area contributed by atoms with Gasteiger partial charge in [0.25, 0.3) is 0 Å². The molecule has 0 saturated carbocycles. The summed E-state index contributed by atoms with van der Waals surface area (Å²) in [4.78, 5) is 20.6. The maximum absolute atomic E-state index is 9.64. The average molecular weight is 457 g/mol. The topological polar surface area (TPSA) is 173 Å². The van der Waals surface area contributed by atoms with Gasteiger partial charge in [-0.25, -0.2) is 0 Å². The number of nitrogens with two attached hydrogens (primary N) is 4. The van der Waals surface area contributed by atoms with Crippen molar-refractivity contribution in [3.8, 4) is 0 Å². The van der Waals surface area contributed by atoms with Gasteiger partial charge in [-0.3, -0.25) is 0 Å². The third-order valence-electron chi connectivity index (χ3n) is 6.26. The first kappa shape index (κ1) is 24.1. The molecule has 3 saturated heterocycles. The van der Waals surface area contributed by atoms with E-state index in [1.165, 1.54) is 0 Å². The minimum atomic E-state index is -0.0111. The fraction of sp³-hybridized carbons (Fsp3) is 0.842. The summed E-state index contributed by atoms with van der Waals surface area (Å²) in [5, 5.41) is 9.64. The molecule has 4 heterocycles. The lowest BCUT2D eigenvalue weighted by Crippen LogP contribution is -2.54. The van der Waals surface area contributed by atoms with Crippen LogP contribution in [0.25, 0.3) is 0 Å². The highest BCUT2D eigenvalue weighted by molar-refractivity contribution is 5.85. The number of hydrogen-bond donors (Lipinski definition) is 5. The molecule has 0 amide bonds. The fourth-order valence-corrected chi connectivity index (χ4v) is 4.85. The summed E-state index contributed by atoms with van der Waals surface area (Å²) >= 11 is 0. The molecule has 3 aliphatic rings. The van der Waals surface area contributed by atoms with Crippen molar-refractivity contribution in [1.29, 1.82) is 0 Å². The Bertz CT molecular complexity index is 663. The molecule has 5 atom stereocenters. The Kier molecular flexibility index (Phi) is 8.11. The molecular weight excluding hydrogens is 420 g/mol. The largest absolute Gasteiger partial charge is 0.396 e. The van der Waals surface area contributed by atoms with Crippen LogP contribution in [0.4, 0.5) is 17.8 Å². The van der Waals surface area contributed by atoms with Crippen LogP contribution in [0.3, 0.4) is 0 Å². The van der Waals surface area contributed by atoms with Crippen molar-refractivity contribution < 1.29 is 5.11 Å². The number of rotatable bonds is 4. The smallest absolute Gasteiger partial charge is 0.232 e. The van der Waals surface area contributed by atoms with Crippen LogP contribution in [0, 0.1) is 5.92 Å². The average Bonchev–Trinajstić information content (AvgIpc) is 2.72. The molecule has 0 aromatic carbocycles. The highest BCUT2D eigenvalue weighted by atomic mass is 35.5. The van der Waals surface area contributed by atoms with E-state index in [4.69, 9.17) is 37.9 Å². The molecule has 1 unspecified atom stereocenters. The molecule has 31 heavy (non-hydrogen) atoms. The number of piperidine rings is 3.